The first-order valence-corrected chi connectivity index (χ1v) is 14.1. The maximum atomic E-state index is 2.51. The van der Waals surface area contributed by atoms with Crippen LogP contribution in [0.4, 0.5) is 11.4 Å². The van der Waals surface area contributed by atoms with E-state index in [9.17, 15) is 0 Å². The van der Waals surface area contributed by atoms with Gasteiger partial charge in [0, 0.05) is 33.8 Å². The van der Waals surface area contributed by atoms with E-state index in [1.807, 2.05) is 0 Å². The summed E-state index contributed by atoms with van der Waals surface area (Å²) < 4.78 is 2.40. The van der Waals surface area contributed by atoms with Gasteiger partial charge in [0.1, 0.15) is 0 Å². The Morgan fingerprint density at radius 3 is 2.10 bits per heavy atom. The summed E-state index contributed by atoms with van der Waals surface area (Å²) in [5, 5.41) is 2.57. The second-order valence-corrected chi connectivity index (χ2v) is 11.2. The molecule has 1 aromatic heterocycles. The monoisotopic (exact) mass is 514 g/mol. The van der Waals surface area contributed by atoms with Crippen molar-refractivity contribution in [1.82, 2.24) is 4.57 Å². The molecule has 192 valence electrons. The van der Waals surface area contributed by atoms with Crippen LogP contribution in [-0.4, -0.2) is 10.6 Å². The van der Waals surface area contributed by atoms with Gasteiger partial charge in [0.25, 0.3) is 0 Å². The van der Waals surface area contributed by atoms with Crippen LogP contribution >= 0.6 is 0 Å². The predicted octanol–water partition coefficient (Wildman–Crippen LogP) is 9.80. The van der Waals surface area contributed by atoms with Crippen molar-refractivity contribution in [2.75, 3.05) is 4.90 Å². The van der Waals surface area contributed by atoms with E-state index in [1.54, 1.807) is 0 Å². The maximum absolute atomic E-state index is 2.51. The first kappa shape index (κ1) is 23.1. The van der Waals surface area contributed by atoms with Gasteiger partial charge in [-0.15, -0.1) is 0 Å². The van der Waals surface area contributed by atoms with E-state index in [4.69, 9.17) is 0 Å². The summed E-state index contributed by atoms with van der Waals surface area (Å²) in [6, 6.07) is 40.7. The average molecular weight is 515 g/mol. The van der Waals surface area contributed by atoms with Gasteiger partial charge >= 0.3 is 0 Å². The Balaban J connectivity index is 1.28. The number of nitrogens with zero attached hydrogens (tertiary/aromatic N) is 2. The van der Waals surface area contributed by atoms with E-state index in [0.29, 0.717) is 12.0 Å². The molecule has 2 unspecified atom stereocenters. The lowest BCUT2D eigenvalue weighted by Gasteiger charge is -2.28. The molecule has 0 N–H and O–H groups in total. The first-order chi connectivity index (χ1) is 19.7. The highest BCUT2D eigenvalue weighted by molar-refractivity contribution is 6.10. The van der Waals surface area contributed by atoms with Gasteiger partial charge in [-0.25, -0.2) is 0 Å². The minimum absolute atomic E-state index is 0.298. The van der Waals surface area contributed by atoms with Crippen LogP contribution in [0.25, 0.3) is 38.6 Å². The fraction of sp³-hybridized carbons (Fsp3) is 0.105. The Hall–Kier alpha value is -4.82. The van der Waals surface area contributed by atoms with Crippen molar-refractivity contribution < 1.29 is 0 Å². The summed E-state index contributed by atoms with van der Waals surface area (Å²) in [6.07, 6.45) is 9.10. The Morgan fingerprint density at radius 2 is 1.25 bits per heavy atom. The molecule has 8 rings (SSSR count). The van der Waals surface area contributed by atoms with Crippen LogP contribution in [0.2, 0.25) is 0 Å². The standard InChI is InChI=1S/C38H30N2/c1-25-9-7-11-29(21-25)39-35-15-5-3-13-31(35)33-23-27(17-19-37(33)39)28-18-20-38-34(24-28)32-14-4-6-16-36(32)40(38)30-12-8-10-26(2)22-30/h3-24,31,35H,1-2H3. The Bertz CT molecular complexity index is 2000. The number of hydrogen-bond acceptors (Lipinski definition) is 1. The van der Waals surface area contributed by atoms with Crippen LogP contribution in [0.3, 0.4) is 0 Å². The van der Waals surface area contributed by atoms with Crippen molar-refractivity contribution in [1.29, 1.82) is 0 Å². The smallest absolute Gasteiger partial charge is 0.0629 e. The van der Waals surface area contributed by atoms with Gasteiger partial charge in [-0.1, -0.05) is 78.9 Å². The number of benzene rings is 5. The van der Waals surface area contributed by atoms with Crippen LogP contribution in [0, 0.1) is 13.8 Å². The molecule has 0 radical (unpaired) electrons. The molecule has 0 amide bonds. The fourth-order valence-electron chi connectivity index (χ4n) is 6.80. The van der Waals surface area contributed by atoms with Gasteiger partial charge in [0.2, 0.25) is 0 Å². The van der Waals surface area contributed by atoms with Gasteiger partial charge in [-0.2, -0.15) is 0 Å². The van der Waals surface area contributed by atoms with Crippen LogP contribution in [0.15, 0.2) is 133 Å². The second-order valence-electron chi connectivity index (χ2n) is 11.2. The number of fused-ring (bicyclic) bond motifs is 6. The van der Waals surface area contributed by atoms with E-state index < -0.39 is 0 Å². The quantitative estimate of drug-likeness (QED) is 0.228. The van der Waals surface area contributed by atoms with Gasteiger partial charge in [-0.3, -0.25) is 0 Å². The van der Waals surface area contributed by atoms with E-state index in [1.165, 1.54) is 66.7 Å². The normalized spacial score (nSPS) is 17.5. The SMILES string of the molecule is Cc1cccc(N2c3ccc(-c4ccc5c(c4)c4ccccc4n5-c4cccc(C)c4)cc3C3C=CC=CC32)c1. The molecular weight excluding hydrogens is 484 g/mol. The van der Waals surface area contributed by atoms with Gasteiger partial charge in [0.05, 0.1) is 17.1 Å². The lowest BCUT2D eigenvalue weighted by atomic mass is 9.89. The molecule has 5 aromatic carbocycles. The number of aromatic nitrogens is 1. The van der Waals surface area contributed by atoms with Crippen LogP contribution in [-0.2, 0) is 0 Å². The molecule has 6 aromatic rings. The molecule has 2 heterocycles. The molecule has 2 nitrogen and oxygen atoms in total. The highest BCUT2D eigenvalue weighted by Gasteiger charge is 2.37. The molecule has 2 atom stereocenters. The molecule has 40 heavy (non-hydrogen) atoms. The summed E-state index contributed by atoms with van der Waals surface area (Å²) in [4.78, 5) is 2.51. The fourth-order valence-corrected chi connectivity index (χ4v) is 6.80. The van der Waals surface area contributed by atoms with Crippen molar-refractivity contribution >= 4 is 33.2 Å². The minimum Gasteiger partial charge on any atom is -0.333 e. The molecule has 0 saturated carbocycles. The molecule has 1 aliphatic carbocycles. The summed E-state index contributed by atoms with van der Waals surface area (Å²) in [6.45, 7) is 4.33. The summed E-state index contributed by atoms with van der Waals surface area (Å²) in [5.41, 5.74) is 12.7. The molecule has 0 bridgehead atoms. The molecular formula is C38H30N2. The van der Waals surface area contributed by atoms with Crippen molar-refractivity contribution in [2.24, 2.45) is 0 Å². The highest BCUT2D eigenvalue weighted by Crippen LogP contribution is 2.49. The third kappa shape index (κ3) is 3.49. The molecule has 1 aliphatic heterocycles. The van der Waals surface area contributed by atoms with E-state index in [0.717, 1.165) is 0 Å². The molecule has 0 spiro atoms. The van der Waals surface area contributed by atoms with Crippen molar-refractivity contribution in [3.8, 4) is 16.8 Å². The number of allylic oxidation sites excluding steroid dienone is 2. The number of aryl methyl sites for hydroxylation is 2. The lowest BCUT2D eigenvalue weighted by Crippen LogP contribution is -2.28. The summed E-state index contributed by atoms with van der Waals surface area (Å²) in [7, 11) is 0. The topological polar surface area (TPSA) is 8.17 Å². The largest absolute Gasteiger partial charge is 0.333 e. The average Bonchev–Trinajstić information content (AvgIpc) is 3.49. The first-order valence-electron chi connectivity index (χ1n) is 14.1. The van der Waals surface area contributed by atoms with E-state index >= 15 is 0 Å². The third-order valence-corrected chi connectivity index (χ3v) is 8.60. The molecule has 0 saturated heterocycles. The number of para-hydroxylation sites is 1. The lowest BCUT2D eigenvalue weighted by molar-refractivity contribution is 0.744. The second kappa shape index (κ2) is 8.86. The van der Waals surface area contributed by atoms with Crippen LogP contribution < -0.4 is 4.90 Å². The van der Waals surface area contributed by atoms with Gasteiger partial charge in [-0.05, 0) is 96.3 Å². The Kier molecular flexibility index (Phi) is 5.12. The Labute approximate surface area is 235 Å². The molecule has 0 fully saturated rings. The summed E-state index contributed by atoms with van der Waals surface area (Å²) in [5.74, 6) is 0.340. The number of anilines is 2. The van der Waals surface area contributed by atoms with Crippen LogP contribution in [0.5, 0.6) is 0 Å². The van der Waals surface area contributed by atoms with Crippen molar-refractivity contribution in [3.05, 3.63) is 150 Å². The molecule has 2 heteroatoms. The van der Waals surface area contributed by atoms with Crippen molar-refractivity contribution in [2.45, 2.75) is 25.8 Å². The maximum Gasteiger partial charge on any atom is 0.0629 e. The number of hydrogen-bond donors (Lipinski definition) is 0. The third-order valence-electron chi connectivity index (χ3n) is 8.60. The minimum atomic E-state index is 0.298. The van der Waals surface area contributed by atoms with Gasteiger partial charge < -0.3 is 9.47 Å². The zero-order chi connectivity index (χ0) is 26.8. The zero-order valence-electron chi connectivity index (χ0n) is 22.8. The van der Waals surface area contributed by atoms with Crippen LogP contribution in [0.1, 0.15) is 22.6 Å². The van der Waals surface area contributed by atoms with E-state index in [2.05, 4.69) is 157 Å². The van der Waals surface area contributed by atoms with Crippen molar-refractivity contribution in [3.63, 3.8) is 0 Å². The summed E-state index contributed by atoms with van der Waals surface area (Å²) >= 11 is 0. The Morgan fingerprint density at radius 1 is 0.550 bits per heavy atom. The zero-order valence-corrected chi connectivity index (χ0v) is 22.8. The highest BCUT2D eigenvalue weighted by atomic mass is 15.2. The van der Waals surface area contributed by atoms with E-state index in [-0.39, 0.29) is 0 Å². The molecule has 2 aliphatic rings. The van der Waals surface area contributed by atoms with Gasteiger partial charge in [0.15, 0.2) is 0 Å². The number of rotatable bonds is 3. The predicted molar refractivity (Wildman–Crippen MR) is 169 cm³/mol.